The Morgan fingerprint density at radius 1 is 1.00 bits per heavy atom. The summed E-state index contributed by atoms with van der Waals surface area (Å²) in [4.78, 5) is 13.4. The quantitative estimate of drug-likeness (QED) is 0.361. The van der Waals surface area contributed by atoms with E-state index in [2.05, 4.69) is 19.2 Å². The molecule has 8 heteroatoms. The van der Waals surface area contributed by atoms with E-state index >= 15 is 0 Å². The first-order valence-corrected chi connectivity index (χ1v) is 13.6. The van der Waals surface area contributed by atoms with Gasteiger partial charge in [-0.05, 0) is 85.3 Å². The number of halogens is 1. The first-order chi connectivity index (χ1) is 17.0. The molecule has 36 heavy (non-hydrogen) atoms. The number of nitrogens with zero attached hydrogens (tertiary/aromatic N) is 1. The summed E-state index contributed by atoms with van der Waals surface area (Å²) < 4.78 is 33.9. The van der Waals surface area contributed by atoms with Crippen molar-refractivity contribution in [1.82, 2.24) is 5.32 Å². The third-order valence-corrected chi connectivity index (χ3v) is 8.39. The SMILES string of the molecule is COc1cc(C)c([C@@H](C)NC(=O)CN(c2cccc(Cl)c2C)S(=O)(=O)c2ccccc2)cc1C(C)C. The maximum Gasteiger partial charge on any atom is 0.264 e. The minimum Gasteiger partial charge on any atom is -0.496 e. The van der Waals surface area contributed by atoms with Gasteiger partial charge in [0, 0.05) is 5.02 Å². The Morgan fingerprint density at radius 2 is 1.67 bits per heavy atom. The van der Waals surface area contributed by atoms with Crippen LogP contribution in [-0.2, 0) is 14.8 Å². The lowest BCUT2D eigenvalue weighted by molar-refractivity contribution is -0.120. The molecule has 0 aromatic heterocycles. The van der Waals surface area contributed by atoms with E-state index in [1.54, 1.807) is 50.4 Å². The number of sulfonamides is 1. The molecule has 0 aliphatic heterocycles. The Morgan fingerprint density at radius 3 is 2.28 bits per heavy atom. The van der Waals surface area contributed by atoms with Crippen LogP contribution in [0.25, 0.3) is 0 Å². The van der Waals surface area contributed by atoms with Crippen LogP contribution in [0.15, 0.2) is 65.6 Å². The summed E-state index contributed by atoms with van der Waals surface area (Å²) in [5, 5.41) is 3.40. The molecule has 0 spiro atoms. The zero-order valence-electron chi connectivity index (χ0n) is 21.5. The molecule has 192 valence electrons. The summed E-state index contributed by atoms with van der Waals surface area (Å²) in [6, 6.07) is 16.7. The van der Waals surface area contributed by atoms with E-state index in [9.17, 15) is 13.2 Å². The van der Waals surface area contributed by atoms with Gasteiger partial charge in [-0.3, -0.25) is 9.10 Å². The van der Waals surface area contributed by atoms with Gasteiger partial charge in [0.25, 0.3) is 10.0 Å². The van der Waals surface area contributed by atoms with Crippen molar-refractivity contribution in [2.24, 2.45) is 0 Å². The van der Waals surface area contributed by atoms with Crippen LogP contribution in [0.5, 0.6) is 5.75 Å². The first kappa shape index (κ1) is 27.6. The smallest absolute Gasteiger partial charge is 0.264 e. The minimum atomic E-state index is -4.03. The molecule has 3 aromatic rings. The number of amides is 1. The minimum absolute atomic E-state index is 0.0952. The van der Waals surface area contributed by atoms with Gasteiger partial charge in [0.15, 0.2) is 0 Å². The van der Waals surface area contributed by atoms with Crippen LogP contribution in [0.1, 0.15) is 55.0 Å². The Kier molecular flexibility index (Phi) is 8.69. The fourth-order valence-corrected chi connectivity index (χ4v) is 5.86. The molecule has 3 aromatic carbocycles. The fraction of sp³-hybridized carbons (Fsp3) is 0.321. The molecule has 0 bridgehead atoms. The van der Waals surface area contributed by atoms with Crippen molar-refractivity contribution >= 4 is 33.2 Å². The maximum atomic E-state index is 13.6. The molecule has 1 atom stereocenters. The summed E-state index contributed by atoms with van der Waals surface area (Å²) in [5.41, 5.74) is 3.90. The van der Waals surface area contributed by atoms with Crippen molar-refractivity contribution in [2.45, 2.75) is 51.5 Å². The second kappa shape index (κ2) is 11.4. The molecule has 3 rings (SSSR count). The molecule has 0 saturated heterocycles. The Labute approximate surface area is 219 Å². The largest absolute Gasteiger partial charge is 0.496 e. The number of anilines is 1. The second-order valence-electron chi connectivity index (χ2n) is 9.10. The topological polar surface area (TPSA) is 75.7 Å². The molecular weight excluding hydrogens is 496 g/mol. The molecule has 0 aliphatic rings. The van der Waals surface area contributed by atoms with Gasteiger partial charge < -0.3 is 10.1 Å². The fourth-order valence-electron chi connectivity index (χ4n) is 4.19. The molecule has 0 aliphatic carbocycles. The number of benzene rings is 3. The lowest BCUT2D eigenvalue weighted by atomic mass is 9.93. The van der Waals surface area contributed by atoms with Crippen LogP contribution in [0.2, 0.25) is 5.02 Å². The Bertz CT molecular complexity index is 1340. The highest BCUT2D eigenvalue weighted by molar-refractivity contribution is 7.92. The van der Waals surface area contributed by atoms with Gasteiger partial charge in [-0.1, -0.05) is 49.7 Å². The first-order valence-electron chi connectivity index (χ1n) is 11.8. The average Bonchev–Trinajstić information content (AvgIpc) is 2.84. The number of aryl methyl sites for hydroxylation is 1. The van der Waals surface area contributed by atoms with Crippen molar-refractivity contribution in [1.29, 1.82) is 0 Å². The van der Waals surface area contributed by atoms with Crippen molar-refractivity contribution < 1.29 is 17.9 Å². The maximum absolute atomic E-state index is 13.6. The highest BCUT2D eigenvalue weighted by atomic mass is 35.5. The lowest BCUT2D eigenvalue weighted by Gasteiger charge is -2.27. The van der Waals surface area contributed by atoms with Crippen LogP contribution in [0, 0.1) is 13.8 Å². The van der Waals surface area contributed by atoms with Crippen LogP contribution in [0.4, 0.5) is 5.69 Å². The lowest BCUT2D eigenvalue weighted by Crippen LogP contribution is -2.42. The summed E-state index contributed by atoms with van der Waals surface area (Å²) in [6.07, 6.45) is 0. The van der Waals surface area contributed by atoms with Gasteiger partial charge in [0.2, 0.25) is 5.91 Å². The summed E-state index contributed by atoms with van der Waals surface area (Å²) in [7, 11) is -2.38. The molecule has 1 N–H and O–H groups in total. The molecule has 0 saturated carbocycles. The van der Waals surface area contributed by atoms with Gasteiger partial charge in [0.05, 0.1) is 23.7 Å². The molecule has 0 fully saturated rings. The van der Waals surface area contributed by atoms with Crippen molar-refractivity contribution in [2.75, 3.05) is 18.0 Å². The van der Waals surface area contributed by atoms with Crippen molar-refractivity contribution in [3.05, 3.63) is 87.9 Å². The van der Waals surface area contributed by atoms with Crippen LogP contribution >= 0.6 is 11.6 Å². The summed E-state index contributed by atoms with van der Waals surface area (Å²) >= 11 is 6.31. The molecular formula is C28H33ClN2O4S. The van der Waals surface area contributed by atoms with Gasteiger partial charge in [0.1, 0.15) is 12.3 Å². The predicted molar refractivity (Wildman–Crippen MR) is 146 cm³/mol. The molecule has 1 amide bonds. The summed E-state index contributed by atoms with van der Waals surface area (Å²) in [5.74, 6) is 0.614. The molecule has 0 unspecified atom stereocenters. The van der Waals surface area contributed by atoms with Crippen LogP contribution < -0.4 is 14.4 Å². The van der Waals surface area contributed by atoms with Crippen molar-refractivity contribution in [3.8, 4) is 5.75 Å². The average molecular weight is 529 g/mol. The van der Waals surface area contributed by atoms with Gasteiger partial charge in [-0.2, -0.15) is 0 Å². The van der Waals surface area contributed by atoms with Crippen LogP contribution in [-0.4, -0.2) is 28.0 Å². The Balaban J connectivity index is 1.95. The predicted octanol–water partition coefficient (Wildman–Crippen LogP) is 6.16. The molecule has 0 radical (unpaired) electrons. The van der Waals surface area contributed by atoms with E-state index < -0.39 is 22.5 Å². The third kappa shape index (κ3) is 5.85. The van der Waals surface area contributed by atoms with E-state index in [-0.39, 0.29) is 16.9 Å². The number of carbonyl (C=O) groups excluding carboxylic acids is 1. The van der Waals surface area contributed by atoms with E-state index in [4.69, 9.17) is 16.3 Å². The van der Waals surface area contributed by atoms with E-state index in [1.165, 1.54) is 12.1 Å². The number of hydrogen-bond acceptors (Lipinski definition) is 4. The normalized spacial score (nSPS) is 12.3. The number of carbonyl (C=O) groups is 1. The zero-order valence-corrected chi connectivity index (χ0v) is 23.1. The number of rotatable bonds is 9. The van der Waals surface area contributed by atoms with Gasteiger partial charge in [-0.25, -0.2) is 8.42 Å². The number of nitrogens with one attached hydrogen (secondary N) is 1. The highest BCUT2D eigenvalue weighted by Gasteiger charge is 2.29. The number of methoxy groups -OCH3 is 1. The molecule has 0 heterocycles. The van der Waals surface area contributed by atoms with Gasteiger partial charge in [-0.15, -0.1) is 0 Å². The number of hydrogen-bond donors (Lipinski definition) is 1. The summed E-state index contributed by atoms with van der Waals surface area (Å²) in [6.45, 7) is 9.36. The van der Waals surface area contributed by atoms with E-state index in [0.29, 0.717) is 16.3 Å². The monoisotopic (exact) mass is 528 g/mol. The third-order valence-electron chi connectivity index (χ3n) is 6.21. The standard InChI is InChI=1S/C28H33ClN2O4S/c1-18(2)23-16-24(19(3)15-27(23)35-6)21(5)30-28(32)17-31(26-14-10-13-25(29)20(26)4)36(33,34)22-11-8-7-9-12-22/h7-16,18,21H,17H2,1-6H3,(H,30,32)/t21-/m1/s1. The number of ether oxygens (including phenoxy) is 1. The van der Waals surface area contributed by atoms with Crippen LogP contribution in [0.3, 0.4) is 0 Å². The Hall–Kier alpha value is -3.03. The molecule has 6 nitrogen and oxygen atoms in total. The van der Waals surface area contributed by atoms with Crippen molar-refractivity contribution in [3.63, 3.8) is 0 Å². The zero-order chi connectivity index (χ0) is 26.6. The van der Waals surface area contributed by atoms with E-state index in [0.717, 1.165) is 26.7 Å². The van der Waals surface area contributed by atoms with E-state index in [1.807, 2.05) is 26.0 Å². The second-order valence-corrected chi connectivity index (χ2v) is 11.4. The van der Waals surface area contributed by atoms with Gasteiger partial charge >= 0.3 is 0 Å². The highest BCUT2D eigenvalue weighted by Crippen LogP contribution is 2.33.